The fourth-order valence-electron chi connectivity index (χ4n) is 5.12. The number of hydrogen-bond acceptors (Lipinski definition) is 2. The number of morpholine rings is 1. The van der Waals surface area contributed by atoms with Crippen LogP contribution in [0.1, 0.15) is 130 Å². The van der Waals surface area contributed by atoms with Crippen LogP contribution in [0.3, 0.4) is 0 Å². The fourth-order valence-corrected chi connectivity index (χ4v) is 5.12. The number of quaternary nitrogens is 1. The highest BCUT2D eigenvalue weighted by Gasteiger charge is 2.47. The second kappa shape index (κ2) is 14.8. The van der Waals surface area contributed by atoms with Gasteiger partial charge in [0.15, 0.2) is 0 Å². The van der Waals surface area contributed by atoms with Crippen LogP contribution in [0.2, 0.25) is 0 Å². The van der Waals surface area contributed by atoms with E-state index < -0.39 is 0 Å². The van der Waals surface area contributed by atoms with E-state index in [4.69, 9.17) is 4.74 Å². The molecular formula is C25H51NO2. The van der Waals surface area contributed by atoms with Gasteiger partial charge in [0, 0.05) is 12.8 Å². The minimum Gasteiger partial charge on any atom is -0.632 e. The van der Waals surface area contributed by atoms with Crippen LogP contribution in [0.4, 0.5) is 0 Å². The molecule has 1 saturated heterocycles. The Labute approximate surface area is 176 Å². The first-order chi connectivity index (χ1) is 13.5. The number of unbranched alkanes of at least 4 members (excludes halogenated alkanes) is 8. The Balaban J connectivity index is 2.94. The van der Waals surface area contributed by atoms with Crippen LogP contribution < -0.4 is 0 Å². The lowest BCUT2D eigenvalue weighted by molar-refractivity contribution is -0.929. The quantitative estimate of drug-likeness (QED) is 0.151. The second-order valence-electron chi connectivity index (χ2n) is 9.39. The predicted octanol–water partition coefficient (Wildman–Crippen LogP) is 7.76. The Hall–Kier alpha value is -0.120. The van der Waals surface area contributed by atoms with Crippen molar-refractivity contribution in [2.75, 3.05) is 7.05 Å². The highest BCUT2D eigenvalue weighted by Crippen LogP contribution is 2.38. The highest BCUT2D eigenvalue weighted by atomic mass is 16.6. The topological polar surface area (TPSA) is 32.3 Å². The zero-order valence-electron chi connectivity index (χ0n) is 19.9. The third-order valence-electron chi connectivity index (χ3n) is 6.92. The van der Waals surface area contributed by atoms with Crippen LogP contribution in [0.15, 0.2) is 0 Å². The van der Waals surface area contributed by atoms with E-state index in [1.165, 1.54) is 77.0 Å². The van der Waals surface area contributed by atoms with Gasteiger partial charge in [-0.1, -0.05) is 91.9 Å². The first-order valence-corrected chi connectivity index (χ1v) is 12.7. The van der Waals surface area contributed by atoms with Gasteiger partial charge in [-0.3, -0.25) is 0 Å². The number of nitrogens with zero attached hydrogens (tertiary/aromatic N) is 1. The predicted molar refractivity (Wildman–Crippen MR) is 122 cm³/mol. The monoisotopic (exact) mass is 397 g/mol. The molecule has 1 fully saturated rings. The van der Waals surface area contributed by atoms with E-state index >= 15 is 0 Å². The van der Waals surface area contributed by atoms with Crippen molar-refractivity contribution in [2.24, 2.45) is 0 Å². The summed E-state index contributed by atoms with van der Waals surface area (Å²) < 4.78 is 6.75. The molecule has 0 aromatic carbocycles. The van der Waals surface area contributed by atoms with Crippen molar-refractivity contribution >= 4 is 0 Å². The Morgan fingerprint density at radius 2 is 0.893 bits per heavy atom. The van der Waals surface area contributed by atoms with Gasteiger partial charge >= 0.3 is 0 Å². The lowest BCUT2D eigenvalue weighted by atomic mass is 9.87. The molecule has 0 spiro atoms. The minimum absolute atomic E-state index is 0.0407. The molecule has 0 aliphatic carbocycles. The van der Waals surface area contributed by atoms with Crippen LogP contribution in [0, 0.1) is 5.21 Å². The number of ether oxygens (including phenoxy) is 1. The number of hydroxylamine groups is 3. The Morgan fingerprint density at radius 1 is 0.571 bits per heavy atom. The average Bonchev–Trinajstić information content (AvgIpc) is 2.66. The maximum Gasteiger partial charge on any atom is 0.115 e. The molecule has 0 aromatic rings. The zero-order chi connectivity index (χ0) is 20.8. The maximum atomic E-state index is 14.1. The molecule has 4 unspecified atom stereocenters. The van der Waals surface area contributed by atoms with Gasteiger partial charge < -0.3 is 14.6 Å². The van der Waals surface area contributed by atoms with E-state index in [-0.39, 0.29) is 28.9 Å². The largest absolute Gasteiger partial charge is 0.632 e. The van der Waals surface area contributed by atoms with Gasteiger partial charge in [-0.15, -0.1) is 0 Å². The van der Waals surface area contributed by atoms with E-state index in [9.17, 15) is 5.21 Å². The fraction of sp³-hybridized carbons (Fsp3) is 1.00. The summed E-state index contributed by atoms with van der Waals surface area (Å²) in [6.45, 7) is 9.01. The van der Waals surface area contributed by atoms with E-state index in [0.717, 1.165) is 25.7 Å². The Kier molecular flexibility index (Phi) is 13.7. The molecule has 0 aromatic heterocycles. The van der Waals surface area contributed by atoms with Gasteiger partial charge in [-0.25, -0.2) is 0 Å². The van der Waals surface area contributed by atoms with Gasteiger partial charge in [0.1, 0.15) is 24.3 Å². The molecule has 0 saturated carbocycles. The lowest BCUT2D eigenvalue weighted by Gasteiger charge is -2.59. The van der Waals surface area contributed by atoms with Crippen molar-refractivity contribution in [3.63, 3.8) is 0 Å². The van der Waals surface area contributed by atoms with Crippen LogP contribution in [-0.4, -0.2) is 36.0 Å². The third-order valence-corrected chi connectivity index (χ3v) is 6.92. The van der Waals surface area contributed by atoms with Gasteiger partial charge in [-0.05, 0) is 25.7 Å². The van der Waals surface area contributed by atoms with Gasteiger partial charge in [0.05, 0.1) is 7.05 Å². The summed E-state index contributed by atoms with van der Waals surface area (Å²) in [4.78, 5) is 0. The molecule has 3 heteroatoms. The Morgan fingerprint density at radius 3 is 1.21 bits per heavy atom. The van der Waals surface area contributed by atoms with E-state index in [0.29, 0.717) is 0 Å². The molecular weight excluding hydrogens is 346 g/mol. The average molecular weight is 398 g/mol. The zero-order valence-corrected chi connectivity index (χ0v) is 19.9. The maximum absolute atomic E-state index is 14.1. The smallest absolute Gasteiger partial charge is 0.115 e. The summed E-state index contributed by atoms with van der Waals surface area (Å²) in [5.74, 6) is 0. The van der Waals surface area contributed by atoms with E-state index in [1.54, 1.807) is 0 Å². The molecule has 0 N–H and O–H groups in total. The first kappa shape index (κ1) is 25.9. The van der Waals surface area contributed by atoms with Crippen molar-refractivity contribution in [3.05, 3.63) is 5.21 Å². The lowest BCUT2D eigenvalue weighted by Crippen LogP contribution is -2.67. The highest BCUT2D eigenvalue weighted by molar-refractivity contribution is 4.86. The van der Waals surface area contributed by atoms with Gasteiger partial charge in [0.2, 0.25) is 0 Å². The Bertz CT molecular complexity index is 340. The van der Waals surface area contributed by atoms with Crippen molar-refractivity contribution in [3.8, 4) is 0 Å². The van der Waals surface area contributed by atoms with E-state index in [1.807, 2.05) is 7.05 Å². The second-order valence-corrected chi connectivity index (χ2v) is 9.39. The number of likely N-dealkylation sites (N-methyl/N-ethyl adjacent to an activating group) is 1. The molecule has 0 amide bonds. The van der Waals surface area contributed by atoms with Crippen molar-refractivity contribution in [1.82, 2.24) is 0 Å². The number of hydrogen-bond donors (Lipinski definition) is 0. The summed E-state index contributed by atoms with van der Waals surface area (Å²) in [6.07, 6.45) is 19.2. The van der Waals surface area contributed by atoms with Crippen LogP contribution in [0.5, 0.6) is 0 Å². The standard InChI is InChI=1S/C25H51NO2/c1-6-10-14-18-22-24(20-16-12-8-3)28-25(21-17-13-9-4)23(26(22,5)27)19-15-11-7-2/h22-25H,6-21H2,1-5H3. The normalized spacial score (nSPS) is 30.6. The van der Waals surface area contributed by atoms with Crippen molar-refractivity contribution in [2.45, 2.75) is 155 Å². The summed E-state index contributed by atoms with van der Waals surface area (Å²) in [7, 11) is 2.00. The van der Waals surface area contributed by atoms with E-state index in [2.05, 4.69) is 27.7 Å². The molecule has 0 radical (unpaired) electrons. The third kappa shape index (κ3) is 8.32. The van der Waals surface area contributed by atoms with Crippen LogP contribution in [0.25, 0.3) is 0 Å². The number of rotatable bonds is 16. The molecule has 1 heterocycles. The molecule has 168 valence electrons. The summed E-state index contributed by atoms with van der Waals surface area (Å²) >= 11 is 0. The van der Waals surface area contributed by atoms with Crippen molar-refractivity contribution < 1.29 is 9.38 Å². The van der Waals surface area contributed by atoms with Gasteiger partial charge in [0.25, 0.3) is 0 Å². The molecule has 28 heavy (non-hydrogen) atoms. The summed E-state index contributed by atoms with van der Waals surface area (Å²) in [5.41, 5.74) is 0. The summed E-state index contributed by atoms with van der Waals surface area (Å²) in [6, 6.07) is 0.273. The van der Waals surface area contributed by atoms with Gasteiger partial charge in [-0.2, -0.15) is 0 Å². The molecule has 0 bridgehead atoms. The SMILES string of the molecule is CCCCCC1OC(CCCCC)C(CCCCC)[N+](C)([O-])C1CCCCC. The molecule has 4 atom stereocenters. The minimum atomic E-state index is -0.0407. The molecule has 3 nitrogen and oxygen atoms in total. The first-order valence-electron chi connectivity index (χ1n) is 12.7. The molecule has 1 aliphatic heterocycles. The molecule has 1 aliphatic rings. The summed E-state index contributed by atoms with van der Waals surface area (Å²) in [5, 5.41) is 14.1. The van der Waals surface area contributed by atoms with Crippen molar-refractivity contribution in [1.29, 1.82) is 0 Å². The van der Waals surface area contributed by atoms with Crippen LogP contribution >= 0.6 is 0 Å². The van der Waals surface area contributed by atoms with Crippen LogP contribution in [-0.2, 0) is 4.74 Å². The molecule has 1 rings (SSSR count).